The summed E-state index contributed by atoms with van der Waals surface area (Å²) in [7, 11) is 0. The normalized spacial score (nSPS) is 10.7. The van der Waals surface area contributed by atoms with Gasteiger partial charge in [0.2, 0.25) is 0 Å². The fourth-order valence-electron chi connectivity index (χ4n) is 3.25. The molecule has 0 aliphatic carbocycles. The minimum absolute atomic E-state index is 0.362. The third kappa shape index (κ3) is 5.00. The van der Waals surface area contributed by atoms with Crippen LogP contribution >= 0.6 is 0 Å². The molecule has 1 heterocycles. The number of anilines is 1. The zero-order valence-corrected chi connectivity index (χ0v) is 16.8. The predicted molar refractivity (Wildman–Crippen MR) is 119 cm³/mol. The third-order valence-corrected chi connectivity index (χ3v) is 4.81. The number of rotatable bonds is 9. The molecule has 4 aromatic rings. The van der Waals surface area contributed by atoms with Gasteiger partial charge < -0.3 is 15.2 Å². The summed E-state index contributed by atoms with van der Waals surface area (Å²) in [5.41, 5.74) is 10.5. The second kappa shape index (κ2) is 9.65. The van der Waals surface area contributed by atoms with Crippen LogP contribution in [0.3, 0.4) is 0 Å². The largest absolute Gasteiger partial charge is 0.493 e. The van der Waals surface area contributed by atoms with Gasteiger partial charge in [-0.2, -0.15) is 5.10 Å². The highest BCUT2D eigenvalue weighted by Gasteiger charge is 2.11. The number of nitrogens with zero attached hydrogens (tertiary/aromatic N) is 1. The van der Waals surface area contributed by atoms with E-state index in [2.05, 4.69) is 34.5 Å². The Morgan fingerprint density at radius 3 is 2.37 bits per heavy atom. The highest BCUT2D eigenvalue weighted by molar-refractivity contribution is 5.67. The lowest BCUT2D eigenvalue weighted by Crippen LogP contribution is -2.00. The number of hydrogen-bond acceptors (Lipinski definition) is 4. The van der Waals surface area contributed by atoms with Crippen molar-refractivity contribution >= 4 is 5.69 Å². The summed E-state index contributed by atoms with van der Waals surface area (Å²) in [4.78, 5) is 0. The predicted octanol–water partition coefficient (Wildman–Crippen LogP) is 5.25. The maximum atomic E-state index is 6.07. The number of aryl methyl sites for hydroxylation is 1. The van der Waals surface area contributed by atoms with Gasteiger partial charge in [-0.05, 0) is 48.7 Å². The molecule has 30 heavy (non-hydrogen) atoms. The standard InChI is InChI=1S/C25H25N3O2/c26-22-13-5-7-15-25(22)30-18-20-17-23(28-27-20)21-12-4-6-14-24(21)29-16-8-11-19-9-2-1-3-10-19/h1-7,9-10,12-15,17H,8,11,16,18,26H2,(H,27,28). The van der Waals surface area contributed by atoms with Crippen molar-refractivity contribution in [2.45, 2.75) is 19.4 Å². The molecule has 152 valence electrons. The Kier molecular flexibility index (Phi) is 6.30. The number of nitrogen functional groups attached to an aromatic ring is 1. The van der Waals surface area contributed by atoms with E-state index < -0.39 is 0 Å². The van der Waals surface area contributed by atoms with E-state index in [9.17, 15) is 0 Å². The third-order valence-electron chi connectivity index (χ3n) is 4.81. The van der Waals surface area contributed by atoms with Crippen molar-refractivity contribution < 1.29 is 9.47 Å². The molecular formula is C25H25N3O2. The molecule has 0 radical (unpaired) electrons. The Morgan fingerprint density at radius 2 is 1.53 bits per heavy atom. The van der Waals surface area contributed by atoms with Crippen molar-refractivity contribution in [3.05, 3.63) is 96.2 Å². The number of para-hydroxylation sites is 3. The molecule has 5 nitrogen and oxygen atoms in total. The van der Waals surface area contributed by atoms with Crippen molar-refractivity contribution in [1.82, 2.24) is 10.2 Å². The van der Waals surface area contributed by atoms with Crippen LogP contribution in [-0.4, -0.2) is 16.8 Å². The van der Waals surface area contributed by atoms with Crippen molar-refractivity contribution in [3.8, 4) is 22.8 Å². The second-order valence-electron chi connectivity index (χ2n) is 7.04. The van der Waals surface area contributed by atoms with Crippen molar-refractivity contribution in [3.63, 3.8) is 0 Å². The van der Waals surface area contributed by atoms with Crippen LogP contribution < -0.4 is 15.2 Å². The van der Waals surface area contributed by atoms with Crippen LogP contribution in [0.15, 0.2) is 84.9 Å². The van der Waals surface area contributed by atoms with Crippen LogP contribution in [0.4, 0.5) is 5.69 Å². The van der Waals surface area contributed by atoms with Gasteiger partial charge in [0.1, 0.15) is 18.1 Å². The summed E-state index contributed by atoms with van der Waals surface area (Å²) in [5, 5.41) is 7.48. The number of benzene rings is 3. The molecule has 0 unspecified atom stereocenters. The monoisotopic (exact) mass is 399 g/mol. The molecular weight excluding hydrogens is 374 g/mol. The quantitative estimate of drug-likeness (QED) is 0.298. The molecule has 0 saturated heterocycles. The van der Waals surface area contributed by atoms with E-state index in [-0.39, 0.29) is 0 Å². The highest BCUT2D eigenvalue weighted by atomic mass is 16.5. The van der Waals surface area contributed by atoms with Crippen LogP contribution in [-0.2, 0) is 13.0 Å². The highest BCUT2D eigenvalue weighted by Crippen LogP contribution is 2.29. The lowest BCUT2D eigenvalue weighted by molar-refractivity contribution is 0.303. The molecule has 0 fully saturated rings. The minimum atomic E-state index is 0.362. The molecule has 0 amide bonds. The number of aromatic nitrogens is 2. The second-order valence-corrected chi connectivity index (χ2v) is 7.04. The van der Waals surface area contributed by atoms with E-state index in [1.807, 2.05) is 60.7 Å². The Morgan fingerprint density at radius 1 is 0.800 bits per heavy atom. The molecule has 4 rings (SSSR count). The van der Waals surface area contributed by atoms with E-state index >= 15 is 0 Å². The summed E-state index contributed by atoms with van der Waals surface area (Å²) >= 11 is 0. The molecule has 0 aliphatic heterocycles. The van der Waals surface area contributed by atoms with Crippen LogP contribution in [0, 0.1) is 0 Å². The molecule has 0 spiro atoms. The van der Waals surface area contributed by atoms with Gasteiger partial charge in [-0.3, -0.25) is 5.10 Å². The fourth-order valence-corrected chi connectivity index (χ4v) is 3.25. The topological polar surface area (TPSA) is 73.2 Å². The maximum absolute atomic E-state index is 6.07. The first-order chi connectivity index (χ1) is 14.8. The Bertz CT molecular complexity index is 1080. The fraction of sp³-hybridized carbons (Fsp3) is 0.160. The summed E-state index contributed by atoms with van der Waals surface area (Å²) in [5.74, 6) is 1.49. The zero-order valence-electron chi connectivity index (χ0n) is 16.8. The Balaban J connectivity index is 1.37. The Labute approximate surface area is 176 Å². The summed E-state index contributed by atoms with van der Waals surface area (Å²) in [6, 6.07) is 27.8. The number of aromatic amines is 1. The van der Waals surface area contributed by atoms with Gasteiger partial charge in [-0.1, -0.05) is 54.6 Å². The molecule has 5 heteroatoms. The summed E-state index contributed by atoms with van der Waals surface area (Å²) in [6.45, 7) is 1.01. The van der Waals surface area contributed by atoms with Crippen molar-refractivity contribution in [1.29, 1.82) is 0 Å². The van der Waals surface area contributed by atoms with E-state index in [1.165, 1.54) is 5.56 Å². The lowest BCUT2D eigenvalue weighted by Gasteiger charge is -2.10. The Hall–Kier alpha value is -3.73. The van der Waals surface area contributed by atoms with Gasteiger partial charge in [-0.25, -0.2) is 0 Å². The van der Waals surface area contributed by atoms with Gasteiger partial charge in [0.15, 0.2) is 0 Å². The first-order valence-electron chi connectivity index (χ1n) is 10.1. The lowest BCUT2D eigenvalue weighted by atomic mass is 10.1. The molecule has 1 aromatic heterocycles. The van der Waals surface area contributed by atoms with Gasteiger partial charge in [0.05, 0.1) is 23.7 Å². The SMILES string of the molecule is Nc1ccccc1OCc1cc(-c2ccccc2OCCCc2ccccc2)n[nH]1. The number of H-pyrrole nitrogens is 1. The van der Waals surface area contributed by atoms with Crippen LogP contribution in [0.1, 0.15) is 17.7 Å². The zero-order chi connectivity index (χ0) is 20.6. The van der Waals surface area contributed by atoms with Gasteiger partial charge >= 0.3 is 0 Å². The molecule has 0 saturated carbocycles. The number of hydrogen-bond donors (Lipinski definition) is 2. The number of nitrogens with two attached hydrogens (primary N) is 1. The smallest absolute Gasteiger partial charge is 0.142 e. The number of nitrogens with one attached hydrogen (secondary N) is 1. The van der Waals surface area contributed by atoms with E-state index in [0.29, 0.717) is 24.7 Å². The molecule has 3 aromatic carbocycles. The number of ether oxygens (including phenoxy) is 2. The van der Waals surface area contributed by atoms with Gasteiger partial charge in [0, 0.05) is 5.56 Å². The average Bonchev–Trinajstić information content (AvgIpc) is 3.26. The van der Waals surface area contributed by atoms with E-state index in [1.54, 1.807) is 0 Å². The molecule has 0 bridgehead atoms. The first-order valence-corrected chi connectivity index (χ1v) is 10.1. The first kappa shape index (κ1) is 19.6. The van der Waals surface area contributed by atoms with Crippen molar-refractivity contribution in [2.24, 2.45) is 0 Å². The van der Waals surface area contributed by atoms with Crippen LogP contribution in [0.25, 0.3) is 11.3 Å². The average molecular weight is 399 g/mol. The minimum Gasteiger partial charge on any atom is -0.493 e. The van der Waals surface area contributed by atoms with Crippen molar-refractivity contribution in [2.75, 3.05) is 12.3 Å². The molecule has 0 aliphatic rings. The maximum Gasteiger partial charge on any atom is 0.142 e. The van der Waals surface area contributed by atoms with Gasteiger partial charge in [-0.15, -0.1) is 0 Å². The van der Waals surface area contributed by atoms with E-state index in [4.69, 9.17) is 15.2 Å². The van der Waals surface area contributed by atoms with Gasteiger partial charge in [0.25, 0.3) is 0 Å². The van der Waals surface area contributed by atoms with E-state index in [0.717, 1.165) is 35.5 Å². The van der Waals surface area contributed by atoms with Crippen LogP contribution in [0.2, 0.25) is 0 Å². The summed E-state index contributed by atoms with van der Waals surface area (Å²) < 4.78 is 11.9. The summed E-state index contributed by atoms with van der Waals surface area (Å²) in [6.07, 6.45) is 1.95. The molecule has 0 atom stereocenters. The van der Waals surface area contributed by atoms with Crippen LogP contribution in [0.5, 0.6) is 11.5 Å². The molecule has 3 N–H and O–H groups in total.